The third-order valence-electron chi connectivity index (χ3n) is 3.10. The lowest BCUT2D eigenvalue weighted by molar-refractivity contribution is -0.175. The van der Waals surface area contributed by atoms with E-state index in [-0.39, 0.29) is 6.54 Å². The van der Waals surface area contributed by atoms with Crippen LogP contribution in [0.3, 0.4) is 0 Å². The molecule has 23 heavy (non-hydrogen) atoms. The summed E-state index contributed by atoms with van der Waals surface area (Å²) in [6.07, 6.45) is -4.43. The van der Waals surface area contributed by atoms with Crippen LogP contribution in [0.5, 0.6) is 5.75 Å². The molecule has 0 aliphatic heterocycles. The van der Waals surface area contributed by atoms with Gasteiger partial charge in [-0.25, -0.2) is 0 Å². The number of hydrogen-bond acceptors (Lipinski definition) is 3. The second-order valence-corrected chi connectivity index (χ2v) is 4.93. The van der Waals surface area contributed by atoms with E-state index in [0.29, 0.717) is 0 Å². The number of fused-ring (bicyclic) bond motifs is 1. The fourth-order valence-corrected chi connectivity index (χ4v) is 2.02. The van der Waals surface area contributed by atoms with Gasteiger partial charge >= 0.3 is 6.18 Å². The van der Waals surface area contributed by atoms with Crippen molar-refractivity contribution in [3.63, 3.8) is 0 Å². The fourth-order valence-electron chi connectivity index (χ4n) is 2.02. The van der Waals surface area contributed by atoms with E-state index in [1.165, 1.54) is 0 Å². The minimum Gasteiger partial charge on any atom is -0.497 e. The summed E-state index contributed by atoms with van der Waals surface area (Å²) in [6, 6.07) is 11.2. The van der Waals surface area contributed by atoms with Gasteiger partial charge in [-0.3, -0.25) is 4.79 Å². The Kier molecular flexibility index (Phi) is 5.44. The molecule has 0 fully saturated rings. The lowest BCUT2D eigenvalue weighted by Crippen LogP contribution is -2.29. The molecule has 1 N–H and O–H groups in total. The van der Waals surface area contributed by atoms with Crippen LogP contribution in [-0.4, -0.2) is 32.4 Å². The first-order valence-corrected chi connectivity index (χ1v) is 6.85. The molecule has 2 aromatic rings. The fraction of sp³-hybridized carbons (Fsp3) is 0.312. The van der Waals surface area contributed by atoms with Gasteiger partial charge in [-0.05, 0) is 34.5 Å². The first-order chi connectivity index (χ1) is 10.9. The summed E-state index contributed by atoms with van der Waals surface area (Å²) in [5, 5.41) is 4.49. The van der Waals surface area contributed by atoms with Gasteiger partial charge in [-0.2, -0.15) is 13.2 Å². The Morgan fingerprint density at radius 2 is 1.83 bits per heavy atom. The third-order valence-corrected chi connectivity index (χ3v) is 3.10. The summed E-state index contributed by atoms with van der Waals surface area (Å²) in [4.78, 5) is 11.4. The van der Waals surface area contributed by atoms with Crippen LogP contribution in [0.25, 0.3) is 10.8 Å². The Labute approximate surface area is 131 Å². The van der Waals surface area contributed by atoms with E-state index < -0.39 is 25.3 Å². The average molecular weight is 327 g/mol. The number of carbonyl (C=O) groups is 1. The zero-order valence-corrected chi connectivity index (χ0v) is 12.4. The molecular weight excluding hydrogens is 311 g/mol. The molecule has 0 aliphatic rings. The maximum atomic E-state index is 11.9. The molecule has 0 aromatic heterocycles. The van der Waals surface area contributed by atoms with E-state index in [1.54, 1.807) is 7.11 Å². The van der Waals surface area contributed by atoms with Crippen LogP contribution in [0, 0.1) is 0 Å². The molecule has 2 rings (SSSR count). The first-order valence-electron chi connectivity index (χ1n) is 6.85. The minimum atomic E-state index is -4.43. The summed E-state index contributed by atoms with van der Waals surface area (Å²) in [6.45, 7) is -1.83. The van der Waals surface area contributed by atoms with Gasteiger partial charge in [0, 0.05) is 6.54 Å². The third kappa shape index (κ3) is 5.45. The highest BCUT2D eigenvalue weighted by Gasteiger charge is 2.27. The van der Waals surface area contributed by atoms with E-state index in [2.05, 4.69) is 10.1 Å². The molecule has 124 valence electrons. The first kappa shape index (κ1) is 17.1. The Morgan fingerprint density at radius 3 is 2.52 bits per heavy atom. The number of alkyl halides is 3. The van der Waals surface area contributed by atoms with Crippen molar-refractivity contribution < 1.29 is 27.4 Å². The molecule has 0 saturated heterocycles. The molecular formula is C16H16F3NO3. The predicted molar refractivity (Wildman–Crippen MR) is 79.2 cm³/mol. The van der Waals surface area contributed by atoms with Crippen molar-refractivity contribution in [1.29, 1.82) is 0 Å². The SMILES string of the molecule is COc1ccc2cc(CNC(=O)COCC(F)(F)F)ccc2c1. The van der Waals surface area contributed by atoms with Gasteiger partial charge < -0.3 is 14.8 Å². The van der Waals surface area contributed by atoms with Crippen molar-refractivity contribution >= 4 is 16.7 Å². The monoisotopic (exact) mass is 327 g/mol. The molecule has 7 heteroatoms. The van der Waals surface area contributed by atoms with Gasteiger partial charge in [0.25, 0.3) is 0 Å². The molecule has 1 amide bonds. The van der Waals surface area contributed by atoms with Crippen molar-refractivity contribution in [1.82, 2.24) is 5.32 Å². The second kappa shape index (κ2) is 7.32. The topological polar surface area (TPSA) is 47.6 Å². The van der Waals surface area contributed by atoms with Gasteiger partial charge in [0.15, 0.2) is 0 Å². The summed E-state index contributed by atoms with van der Waals surface area (Å²) >= 11 is 0. The van der Waals surface area contributed by atoms with E-state index in [0.717, 1.165) is 22.1 Å². The number of halogens is 3. The largest absolute Gasteiger partial charge is 0.497 e. The molecule has 0 heterocycles. The predicted octanol–water partition coefficient (Wildman–Crippen LogP) is 3.04. The van der Waals surface area contributed by atoms with Crippen molar-refractivity contribution in [3.8, 4) is 5.75 Å². The van der Waals surface area contributed by atoms with Gasteiger partial charge in [0.1, 0.15) is 19.0 Å². The number of amides is 1. The lowest BCUT2D eigenvalue weighted by atomic mass is 10.1. The summed E-state index contributed by atoms with van der Waals surface area (Å²) in [5.41, 5.74) is 0.840. The van der Waals surface area contributed by atoms with Crippen LogP contribution in [0.15, 0.2) is 36.4 Å². The molecule has 2 aromatic carbocycles. The number of ether oxygens (including phenoxy) is 2. The van der Waals surface area contributed by atoms with Crippen molar-refractivity contribution in [3.05, 3.63) is 42.0 Å². The molecule has 0 radical (unpaired) electrons. The molecule has 0 aliphatic carbocycles. The van der Waals surface area contributed by atoms with Gasteiger partial charge in [-0.1, -0.05) is 18.2 Å². The van der Waals surface area contributed by atoms with Crippen LogP contribution in [0.4, 0.5) is 13.2 Å². The Balaban J connectivity index is 1.88. The molecule has 0 unspecified atom stereocenters. The Morgan fingerprint density at radius 1 is 1.13 bits per heavy atom. The van der Waals surface area contributed by atoms with Crippen LogP contribution >= 0.6 is 0 Å². The smallest absolute Gasteiger partial charge is 0.411 e. The van der Waals surface area contributed by atoms with E-state index in [4.69, 9.17) is 4.74 Å². The van der Waals surface area contributed by atoms with Crippen LogP contribution in [0.1, 0.15) is 5.56 Å². The second-order valence-electron chi connectivity index (χ2n) is 4.93. The highest BCUT2D eigenvalue weighted by Crippen LogP contribution is 2.21. The molecule has 0 spiro atoms. The van der Waals surface area contributed by atoms with Gasteiger partial charge in [0.2, 0.25) is 5.91 Å². The normalized spacial score (nSPS) is 11.5. The number of methoxy groups -OCH3 is 1. The molecule has 0 atom stereocenters. The van der Waals surface area contributed by atoms with E-state index in [1.807, 2.05) is 36.4 Å². The maximum absolute atomic E-state index is 11.9. The van der Waals surface area contributed by atoms with Crippen LogP contribution in [-0.2, 0) is 16.1 Å². The van der Waals surface area contributed by atoms with Crippen molar-refractivity contribution in [2.75, 3.05) is 20.3 Å². The molecule has 0 saturated carbocycles. The number of hydrogen-bond donors (Lipinski definition) is 1. The van der Waals surface area contributed by atoms with Crippen LogP contribution in [0.2, 0.25) is 0 Å². The van der Waals surface area contributed by atoms with Crippen molar-refractivity contribution in [2.24, 2.45) is 0 Å². The number of rotatable bonds is 6. The summed E-state index contributed by atoms with van der Waals surface area (Å²) < 4.78 is 45.1. The van der Waals surface area contributed by atoms with Gasteiger partial charge in [0.05, 0.1) is 7.11 Å². The minimum absolute atomic E-state index is 0.218. The molecule has 4 nitrogen and oxygen atoms in total. The number of nitrogens with one attached hydrogen (secondary N) is 1. The quantitative estimate of drug-likeness (QED) is 0.887. The number of benzene rings is 2. The van der Waals surface area contributed by atoms with E-state index >= 15 is 0 Å². The standard InChI is InChI=1S/C16H16F3NO3/c1-22-14-5-4-12-6-11(2-3-13(12)7-14)8-20-15(21)9-23-10-16(17,18)19/h2-7H,8-10H2,1H3,(H,20,21). The highest BCUT2D eigenvalue weighted by molar-refractivity contribution is 5.84. The Hall–Kier alpha value is -2.28. The summed E-state index contributed by atoms with van der Waals surface area (Å²) in [5.74, 6) is 0.157. The highest BCUT2D eigenvalue weighted by atomic mass is 19.4. The van der Waals surface area contributed by atoms with Crippen molar-refractivity contribution in [2.45, 2.75) is 12.7 Å². The average Bonchev–Trinajstić information content (AvgIpc) is 2.51. The van der Waals surface area contributed by atoms with Crippen LogP contribution < -0.4 is 10.1 Å². The summed E-state index contributed by atoms with van der Waals surface area (Å²) in [7, 11) is 1.59. The zero-order chi connectivity index (χ0) is 16.9. The molecule has 0 bridgehead atoms. The van der Waals surface area contributed by atoms with Gasteiger partial charge in [-0.15, -0.1) is 0 Å². The number of carbonyl (C=O) groups excluding carboxylic acids is 1. The lowest BCUT2D eigenvalue weighted by Gasteiger charge is -2.09. The Bertz CT molecular complexity index is 686. The maximum Gasteiger partial charge on any atom is 0.411 e. The van der Waals surface area contributed by atoms with E-state index in [9.17, 15) is 18.0 Å². The zero-order valence-electron chi connectivity index (χ0n) is 12.4.